The van der Waals surface area contributed by atoms with Crippen LogP contribution in [0, 0.1) is 0 Å². The molecule has 9 heteroatoms. The molecule has 0 aliphatic heterocycles. The number of sulfonamides is 1. The molecule has 1 aromatic rings. The van der Waals surface area contributed by atoms with Gasteiger partial charge in [0, 0.05) is 7.05 Å². The maximum absolute atomic E-state index is 12.3. The van der Waals surface area contributed by atoms with E-state index in [1.807, 2.05) is 0 Å². The maximum atomic E-state index is 12.3. The van der Waals surface area contributed by atoms with E-state index in [2.05, 4.69) is 4.74 Å². The molecule has 0 spiro atoms. The second-order valence-corrected chi connectivity index (χ2v) is 6.02. The predicted octanol–water partition coefficient (Wildman–Crippen LogP) is 0.187. The van der Waals surface area contributed by atoms with Crippen LogP contribution in [0.4, 0.5) is 0 Å². The number of rotatable bonds is 6. The number of nitrogens with zero attached hydrogens (tertiary/aromatic N) is 1. The molecule has 0 aromatic heterocycles. The minimum Gasteiger partial charge on any atom is -0.495 e. The van der Waals surface area contributed by atoms with E-state index in [0.717, 1.165) is 29.6 Å². The van der Waals surface area contributed by atoms with Crippen molar-refractivity contribution >= 4 is 22.0 Å². The lowest BCUT2D eigenvalue weighted by molar-refractivity contribution is -0.140. The fourth-order valence-corrected chi connectivity index (χ4v) is 2.76. The molecule has 0 saturated carbocycles. The summed E-state index contributed by atoms with van der Waals surface area (Å²) >= 11 is 0. The van der Waals surface area contributed by atoms with Gasteiger partial charge in [0.1, 0.15) is 17.2 Å². The van der Waals surface area contributed by atoms with E-state index in [4.69, 9.17) is 9.84 Å². The quantitative estimate of drug-likeness (QED) is 0.745. The lowest BCUT2D eigenvalue weighted by Crippen LogP contribution is -2.33. The van der Waals surface area contributed by atoms with Gasteiger partial charge in [-0.1, -0.05) is 0 Å². The summed E-state index contributed by atoms with van der Waals surface area (Å²) in [4.78, 5) is 21.8. The molecule has 0 radical (unpaired) electrons. The summed E-state index contributed by atoms with van der Waals surface area (Å²) in [6.07, 6.45) is 0. The number of ether oxygens (including phenoxy) is 2. The molecule has 0 aliphatic rings. The van der Waals surface area contributed by atoms with Gasteiger partial charge in [0.2, 0.25) is 10.0 Å². The van der Waals surface area contributed by atoms with Crippen LogP contribution in [-0.2, 0) is 19.6 Å². The number of benzene rings is 1. The number of methoxy groups -OCH3 is 2. The largest absolute Gasteiger partial charge is 0.495 e. The monoisotopic (exact) mass is 317 g/mol. The van der Waals surface area contributed by atoms with E-state index in [9.17, 15) is 18.0 Å². The molecule has 21 heavy (non-hydrogen) atoms. The van der Waals surface area contributed by atoms with Crippen LogP contribution in [0.3, 0.4) is 0 Å². The Kier molecular flexibility index (Phi) is 5.28. The molecule has 0 heterocycles. The molecule has 0 atom stereocenters. The van der Waals surface area contributed by atoms with Crippen molar-refractivity contribution in [2.24, 2.45) is 0 Å². The molecular weight excluding hydrogens is 302 g/mol. The van der Waals surface area contributed by atoms with Crippen molar-refractivity contribution in [3.05, 3.63) is 23.8 Å². The third kappa shape index (κ3) is 3.70. The topological polar surface area (TPSA) is 110 Å². The highest BCUT2D eigenvalue weighted by Crippen LogP contribution is 2.27. The summed E-state index contributed by atoms with van der Waals surface area (Å²) in [5.41, 5.74) is -0.110. The standard InChI is InChI=1S/C12H15NO7S/c1-13(7-11(14)20-3)21(17,18)10-5-4-8(12(15)16)6-9(10)19-2/h4-6H,7H2,1-3H3,(H,15,16). The highest BCUT2D eigenvalue weighted by Gasteiger charge is 2.27. The first kappa shape index (κ1) is 16.9. The van der Waals surface area contributed by atoms with Gasteiger partial charge in [-0.15, -0.1) is 0 Å². The third-order valence-corrected chi connectivity index (χ3v) is 4.52. The first-order chi connectivity index (χ1) is 9.73. The summed E-state index contributed by atoms with van der Waals surface area (Å²) in [6, 6.07) is 3.36. The number of hydrogen-bond acceptors (Lipinski definition) is 6. The van der Waals surface area contributed by atoms with Crippen molar-refractivity contribution in [2.45, 2.75) is 4.90 Å². The highest BCUT2D eigenvalue weighted by molar-refractivity contribution is 7.89. The maximum Gasteiger partial charge on any atom is 0.335 e. The summed E-state index contributed by atoms with van der Waals surface area (Å²) in [6.45, 7) is -0.470. The zero-order valence-corrected chi connectivity index (χ0v) is 12.5. The summed E-state index contributed by atoms with van der Waals surface area (Å²) < 4.78 is 34.8. The minimum atomic E-state index is -4.01. The van der Waals surface area contributed by atoms with Crippen LogP contribution in [0.1, 0.15) is 10.4 Å². The van der Waals surface area contributed by atoms with Crippen molar-refractivity contribution in [1.29, 1.82) is 0 Å². The molecule has 0 amide bonds. The number of likely N-dealkylation sites (N-methyl/N-ethyl adjacent to an activating group) is 1. The van der Waals surface area contributed by atoms with Crippen molar-refractivity contribution in [1.82, 2.24) is 4.31 Å². The van der Waals surface area contributed by atoms with Crippen LogP contribution in [-0.4, -0.2) is 57.6 Å². The van der Waals surface area contributed by atoms with Crippen LogP contribution in [0.25, 0.3) is 0 Å². The van der Waals surface area contributed by atoms with Crippen LogP contribution in [0.15, 0.2) is 23.1 Å². The van der Waals surface area contributed by atoms with E-state index in [-0.39, 0.29) is 16.2 Å². The molecule has 1 aromatic carbocycles. The number of esters is 1. The SMILES string of the molecule is COC(=O)CN(C)S(=O)(=O)c1ccc(C(=O)O)cc1OC. The van der Waals surface area contributed by atoms with E-state index >= 15 is 0 Å². The Morgan fingerprint density at radius 1 is 1.29 bits per heavy atom. The number of carboxylic acids is 1. The predicted molar refractivity (Wildman–Crippen MR) is 71.8 cm³/mol. The molecule has 0 fully saturated rings. The van der Waals surface area contributed by atoms with Crippen LogP contribution in [0.5, 0.6) is 5.75 Å². The molecule has 0 unspecified atom stereocenters. The fraction of sp³-hybridized carbons (Fsp3) is 0.333. The lowest BCUT2D eigenvalue weighted by atomic mass is 10.2. The molecule has 8 nitrogen and oxygen atoms in total. The van der Waals surface area contributed by atoms with Crippen molar-refractivity contribution < 1.29 is 32.6 Å². The Labute approximate surface area is 121 Å². The Balaban J connectivity index is 3.25. The molecule has 116 valence electrons. The van der Waals surface area contributed by atoms with Gasteiger partial charge in [0.05, 0.1) is 19.8 Å². The second kappa shape index (κ2) is 6.55. The Hall–Kier alpha value is -2.13. The van der Waals surface area contributed by atoms with Crippen molar-refractivity contribution in [3.63, 3.8) is 0 Å². The summed E-state index contributed by atoms with van der Waals surface area (Å²) in [5, 5.41) is 8.88. The summed E-state index contributed by atoms with van der Waals surface area (Å²) in [5.74, 6) is -2.05. The smallest absolute Gasteiger partial charge is 0.335 e. The van der Waals surface area contributed by atoms with E-state index < -0.39 is 28.5 Å². The van der Waals surface area contributed by atoms with Gasteiger partial charge in [-0.3, -0.25) is 4.79 Å². The van der Waals surface area contributed by atoms with Gasteiger partial charge in [-0.2, -0.15) is 4.31 Å². The molecule has 1 rings (SSSR count). The highest BCUT2D eigenvalue weighted by atomic mass is 32.2. The van der Waals surface area contributed by atoms with Crippen LogP contribution < -0.4 is 4.74 Å². The first-order valence-electron chi connectivity index (χ1n) is 5.68. The third-order valence-electron chi connectivity index (χ3n) is 2.68. The van der Waals surface area contributed by atoms with E-state index in [0.29, 0.717) is 0 Å². The van der Waals surface area contributed by atoms with Gasteiger partial charge >= 0.3 is 11.9 Å². The Morgan fingerprint density at radius 2 is 1.90 bits per heavy atom. The zero-order chi connectivity index (χ0) is 16.2. The lowest BCUT2D eigenvalue weighted by Gasteiger charge is -2.17. The van der Waals surface area contributed by atoms with Crippen molar-refractivity contribution in [3.8, 4) is 5.75 Å². The van der Waals surface area contributed by atoms with E-state index in [1.165, 1.54) is 14.2 Å². The van der Waals surface area contributed by atoms with Gasteiger partial charge in [0.25, 0.3) is 0 Å². The molecular formula is C12H15NO7S. The van der Waals surface area contributed by atoms with Gasteiger partial charge in [0.15, 0.2) is 0 Å². The van der Waals surface area contributed by atoms with Gasteiger partial charge in [-0.05, 0) is 18.2 Å². The average molecular weight is 317 g/mol. The van der Waals surface area contributed by atoms with Crippen molar-refractivity contribution in [2.75, 3.05) is 27.8 Å². The number of carbonyl (C=O) groups excluding carboxylic acids is 1. The number of aromatic carboxylic acids is 1. The van der Waals surface area contributed by atoms with Gasteiger partial charge < -0.3 is 14.6 Å². The molecule has 1 N–H and O–H groups in total. The van der Waals surface area contributed by atoms with Gasteiger partial charge in [-0.25, -0.2) is 13.2 Å². The Bertz CT molecular complexity index is 654. The normalized spacial score (nSPS) is 11.2. The number of carbonyl (C=O) groups is 2. The van der Waals surface area contributed by atoms with Crippen LogP contribution in [0.2, 0.25) is 0 Å². The van der Waals surface area contributed by atoms with E-state index in [1.54, 1.807) is 0 Å². The fourth-order valence-electron chi connectivity index (χ4n) is 1.51. The second-order valence-electron chi connectivity index (χ2n) is 4.01. The number of hydrogen-bond donors (Lipinski definition) is 1. The zero-order valence-electron chi connectivity index (χ0n) is 11.7. The molecule has 0 aliphatic carbocycles. The van der Waals surface area contributed by atoms with Crippen LogP contribution >= 0.6 is 0 Å². The molecule has 0 bridgehead atoms. The summed E-state index contributed by atoms with van der Waals surface area (Å²) in [7, 11) is -0.443. The molecule has 0 saturated heterocycles. The number of carboxylic acid groups (broad SMARTS) is 1. The average Bonchev–Trinajstić information content (AvgIpc) is 2.45. The Morgan fingerprint density at radius 3 is 2.38 bits per heavy atom. The minimum absolute atomic E-state index is 0.110. The first-order valence-corrected chi connectivity index (χ1v) is 7.12.